The van der Waals surface area contributed by atoms with Crippen LogP contribution in [0.25, 0.3) is 12.2 Å². The molecule has 1 saturated carbocycles. The van der Waals surface area contributed by atoms with E-state index in [4.69, 9.17) is 12.2 Å². The summed E-state index contributed by atoms with van der Waals surface area (Å²) < 4.78 is 0. The Morgan fingerprint density at radius 1 is 1.19 bits per heavy atom. The Hall–Kier alpha value is -1.41. The number of rotatable bonds is 5. The van der Waals surface area contributed by atoms with Gasteiger partial charge in [0.15, 0.2) is 0 Å². The Balaban J connectivity index is 2.55. The normalized spacial score (nSPS) is 14.2. The van der Waals surface area contributed by atoms with Crippen molar-refractivity contribution in [3.8, 4) is 0 Å². The van der Waals surface area contributed by atoms with Crippen LogP contribution < -0.4 is 5.32 Å². The Bertz CT molecular complexity index is 444. The Labute approximate surface area is 102 Å². The van der Waals surface area contributed by atoms with Gasteiger partial charge in [-0.3, -0.25) is 0 Å². The minimum Gasteiger partial charge on any atom is -0.352 e. The first kappa shape index (κ1) is 11.1. The topological polar surface area (TPSA) is 12.0 Å². The quantitative estimate of drug-likeness (QED) is 0.759. The zero-order chi connectivity index (χ0) is 11.5. The molecular formula is C14H15NS. The molecule has 1 aromatic rings. The smallest absolute Gasteiger partial charge is 0.0659 e. The molecule has 1 aromatic carbocycles. The van der Waals surface area contributed by atoms with Gasteiger partial charge in [0.2, 0.25) is 0 Å². The minimum absolute atomic E-state index is 0.716. The molecule has 1 nitrogen and oxygen atoms in total. The second-order valence-electron chi connectivity index (χ2n) is 3.97. The van der Waals surface area contributed by atoms with Gasteiger partial charge in [-0.15, -0.1) is 0 Å². The molecule has 1 aliphatic rings. The highest BCUT2D eigenvalue weighted by Crippen LogP contribution is 2.44. The van der Waals surface area contributed by atoms with Gasteiger partial charge in [0.25, 0.3) is 0 Å². The van der Waals surface area contributed by atoms with E-state index in [9.17, 15) is 0 Å². The van der Waals surface area contributed by atoms with Gasteiger partial charge in [-0.2, -0.15) is 0 Å². The summed E-state index contributed by atoms with van der Waals surface area (Å²) in [6.07, 6.45) is 6.36. The van der Waals surface area contributed by atoms with Gasteiger partial charge in [0.1, 0.15) is 0 Å². The molecule has 0 unspecified atom stereocenters. The van der Waals surface area contributed by atoms with Crippen molar-refractivity contribution >= 4 is 35.5 Å². The standard InChI is InChI=1S/C14H15NS/c1-3-11-12(4-2)14(15-9-16)8-7-13(11)10-5-6-10/h3-4,7-10H,1-2,5-6H2,(H,15,16). The van der Waals surface area contributed by atoms with E-state index < -0.39 is 0 Å². The summed E-state index contributed by atoms with van der Waals surface area (Å²) >= 11 is 4.82. The van der Waals surface area contributed by atoms with Crippen molar-refractivity contribution in [1.29, 1.82) is 0 Å². The molecule has 0 bridgehead atoms. The average Bonchev–Trinajstić information content (AvgIpc) is 3.12. The summed E-state index contributed by atoms with van der Waals surface area (Å²) in [4.78, 5) is 0. The molecule has 0 saturated heterocycles. The minimum atomic E-state index is 0.716. The van der Waals surface area contributed by atoms with Gasteiger partial charge in [-0.25, -0.2) is 0 Å². The highest BCUT2D eigenvalue weighted by Gasteiger charge is 2.26. The fourth-order valence-corrected chi connectivity index (χ4v) is 2.17. The number of thiocarbonyl (C=S) groups is 1. The summed E-state index contributed by atoms with van der Waals surface area (Å²) in [7, 11) is 0. The second-order valence-corrected chi connectivity index (χ2v) is 4.21. The molecule has 16 heavy (non-hydrogen) atoms. The van der Waals surface area contributed by atoms with Gasteiger partial charge in [-0.1, -0.05) is 43.6 Å². The maximum absolute atomic E-state index is 4.82. The maximum Gasteiger partial charge on any atom is 0.0659 e. The van der Waals surface area contributed by atoms with E-state index in [1.807, 2.05) is 12.2 Å². The van der Waals surface area contributed by atoms with Gasteiger partial charge in [0, 0.05) is 11.3 Å². The van der Waals surface area contributed by atoms with Gasteiger partial charge < -0.3 is 5.32 Å². The monoisotopic (exact) mass is 229 g/mol. The van der Waals surface area contributed by atoms with E-state index in [1.165, 1.54) is 29.5 Å². The van der Waals surface area contributed by atoms with E-state index >= 15 is 0 Å². The maximum atomic E-state index is 4.82. The summed E-state index contributed by atoms with van der Waals surface area (Å²) in [6.45, 7) is 7.77. The molecule has 0 heterocycles. The van der Waals surface area contributed by atoms with Crippen LogP contribution >= 0.6 is 12.2 Å². The summed E-state index contributed by atoms with van der Waals surface area (Å²) in [5, 5.41) is 3.06. The fourth-order valence-electron chi connectivity index (χ4n) is 2.04. The van der Waals surface area contributed by atoms with Crippen LogP contribution in [0.1, 0.15) is 35.4 Å². The molecule has 0 spiro atoms. The van der Waals surface area contributed by atoms with E-state index in [1.54, 1.807) is 0 Å². The molecule has 1 fully saturated rings. The predicted octanol–water partition coefficient (Wildman–Crippen LogP) is 4.22. The first-order chi connectivity index (χ1) is 7.81. The number of nitrogens with one attached hydrogen (secondary N) is 1. The first-order valence-electron chi connectivity index (χ1n) is 5.43. The van der Waals surface area contributed by atoms with Crippen molar-refractivity contribution in [3.63, 3.8) is 0 Å². The third-order valence-corrected chi connectivity index (χ3v) is 3.08. The lowest BCUT2D eigenvalue weighted by Gasteiger charge is -2.13. The van der Waals surface area contributed by atoms with Gasteiger partial charge >= 0.3 is 0 Å². The van der Waals surface area contributed by atoms with E-state index in [-0.39, 0.29) is 0 Å². The second kappa shape index (κ2) is 4.62. The van der Waals surface area contributed by atoms with Crippen LogP contribution in [0.2, 0.25) is 0 Å². The molecule has 82 valence electrons. The summed E-state index contributed by atoms with van der Waals surface area (Å²) in [5.41, 5.74) is 6.20. The molecule has 0 amide bonds. The van der Waals surface area contributed by atoms with Crippen LogP contribution in [-0.4, -0.2) is 5.49 Å². The van der Waals surface area contributed by atoms with Crippen molar-refractivity contribution in [2.24, 2.45) is 0 Å². The van der Waals surface area contributed by atoms with Crippen LogP contribution in [0.3, 0.4) is 0 Å². The molecule has 1 aliphatic carbocycles. The Morgan fingerprint density at radius 2 is 1.88 bits per heavy atom. The molecule has 2 heteroatoms. The Morgan fingerprint density at radius 3 is 2.38 bits per heavy atom. The third-order valence-electron chi connectivity index (χ3n) is 2.96. The lowest BCUT2D eigenvalue weighted by Crippen LogP contribution is -1.99. The third kappa shape index (κ3) is 1.93. The van der Waals surface area contributed by atoms with Crippen LogP contribution in [-0.2, 0) is 0 Å². The molecule has 0 aliphatic heterocycles. The number of hydrogen-bond donors (Lipinski definition) is 1. The average molecular weight is 229 g/mol. The zero-order valence-electron chi connectivity index (χ0n) is 9.20. The van der Waals surface area contributed by atoms with Crippen molar-refractivity contribution in [1.82, 2.24) is 0 Å². The molecule has 0 radical (unpaired) electrons. The number of anilines is 1. The SMILES string of the molecule is C=Cc1c(NC=S)ccc(C2CC2)c1C=C. The van der Waals surface area contributed by atoms with E-state index in [0.717, 1.165) is 11.3 Å². The lowest BCUT2D eigenvalue weighted by molar-refractivity contribution is 1.12. The summed E-state index contributed by atoms with van der Waals surface area (Å²) in [5.74, 6) is 0.716. The van der Waals surface area contributed by atoms with Gasteiger partial charge in [-0.05, 0) is 36.0 Å². The highest BCUT2D eigenvalue weighted by molar-refractivity contribution is 7.79. The number of hydrogen-bond acceptors (Lipinski definition) is 1. The first-order valence-corrected chi connectivity index (χ1v) is 5.91. The van der Waals surface area contributed by atoms with Crippen LogP contribution in [0.5, 0.6) is 0 Å². The van der Waals surface area contributed by atoms with Crippen LogP contribution in [0.4, 0.5) is 5.69 Å². The highest BCUT2D eigenvalue weighted by atomic mass is 32.1. The number of benzene rings is 1. The molecule has 0 aromatic heterocycles. The van der Waals surface area contributed by atoms with Crippen molar-refractivity contribution in [3.05, 3.63) is 42.0 Å². The fraction of sp³-hybridized carbons (Fsp3) is 0.214. The molecule has 1 N–H and O–H groups in total. The molecular weight excluding hydrogens is 214 g/mol. The Kier molecular flexibility index (Phi) is 3.20. The largest absolute Gasteiger partial charge is 0.352 e. The molecule has 2 rings (SSSR count). The van der Waals surface area contributed by atoms with Crippen LogP contribution in [0.15, 0.2) is 25.3 Å². The molecule has 0 atom stereocenters. The predicted molar refractivity (Wildman–Crippen MR) is 75.9 cm³/mol. The van der Waals surface area contributed by atoms with Crippen molar-refractivity contribution < 1.29 is 0 Å². The van der Waals surface area contributed by atoms with Crippen molar-refractivity contribution in [2.75, 3.05) is 5.32 Å². The van der Waals surface area contributed by atoms with Gasteiger partial charge in [0.05, 0.1) is 5.49 Å². The van der Waals surface area contributed by atoms with E-state index in [2.05, 4.69) is 30.6 Å². The van der Waals surface area contributed by atoms with E-state index in [0.29, 0.717) is 5.92 Å². The lowest BCUT2D eigenvalue weighted by atomic mass is 9.96. The van der Waals surface area contributed by atoms with Crippen molar-refractivity contribution in [2.45, 2.75) is 18.8 Å². The zero-order valence-corrected chi connectivity index (χ0v) is 10.0. The van der Waals surface area contributed by atoms with Crippen LogP contribution in [0, 0.1) is 0 Å². The summed E-state index contributed by atoms with van der Waals surface area (Å²) in [6, 6.07) is 4.24.